The number of hydrogen-bond acceptors (Lipinski definition) is 5. The maximum atomic E-state index is 12.3. The Hall–Kier alpha value is -2.25. The molecule has 2 amide bonds. The Labute approximate surface area is 162 Å². The van der Waals surface area contributed by atoms with Crippen molar-refractivity contribution in [2.45, 2.75) is 49.0 Å². The van der Waals surface area contributed by atoms with Gasteiger partial charge in [0.1, 0.15) is 0 Å². The molecule has 0 bridgehead atoms. The fourth-order valence-electron chi connectivity index (χ4n) is 3.33. The van der Waals surface area contributed by atoms with Crippen molar-refractivity contribution in [3.05, 3.63) is 53.8 Å². The summed E-state index contributed by atoms with van der Waals surface area (Å²) in [5.41, 5.74) is 0.568. The van der Waals surface area contributed by atoms with Crippen LogP contribution < -0.4 is 10.6 Å². The summed E-state index contributed by atoms with van der Waals surface area (Å²) in [4.78, 5) is 24.7. The standard InChI is InChI=1S/C20H24N2O4S/c1-27-17-11-10-16(26-17)19(24)21-14-8-5-9-15(12-14)22-20(25)18(23)13-6-3-2-4-7-13/h2-4,6-7,10-11,14-15,18,23H,5,8-9,12H2,1H3,(H,21,24)(H,22,25). The topological polar surface area (TPSA) is 91.6 Å². The molecular weight excluding hydrogens is 364 g/mol. The van der Waals surface area contributed by atoms with Crippen LogP contribution in [0.1, 0.15) is 47.9 Å². The van der Waals surface area contributed by atoms with E-state index in [0.29, 0.717) is 22.8 Å². The number of amides is 2. The van der Waals surface area contributed by atoms with Crippen LogP contribution in [0.15, 0.2) is 52.0 Å². The molecule has 7 heteroatoms. The van der Waals surface area contributed by atoms with E-state index in [9.17, 15) is 14.7 Å². The molecule has 0 saturated heterocycles. The van der Waals surface area contributed by atoms with Gasteiger partial charge in [0.05, 0.1) is 0 Å². The summed E-state index contributed by atoms with van der Waals surface area (Å²) in [5.74, 6) is -0.351. The summed E-state index contributed by atoms with van der Waals surface area (Å²) in [6, 6.07) is 12.2. The van der Waals surface area contributed by atoms with E-state index in [0.717, 1.165) is 19.3 Å². The first-order valence-electron chi connectivity index (χ1n) is 9.05. The average Bonchev–Trinajstić information content (AvgIpc) is 3.18. The molecule has 1 saturated carbocycles. The number of benzene rings is 1. The summed E-state index contributed by atoms with van der Waals surface area (Å²) < 4.78 is 5.46. The van der Waals surface area contributed by atoms with Gasteiger partial charge in [-0.15, -0.1) is 0 Å². The number of aliphatic hydroxyl groups is 1. The molecule has 2 aromatic rings. The average molecular weight is 388 g/mol. The highest BCUT2D eigenvalue weighted by molar-refractivity contribution is 7.98. The number of rotatable bonds is 6. The van der Waals surface area contributed by atoms with Crippen LogP contribution in [-0.4, -0.2) is 35.3 Å². The van der Waals surface area contributed by atoms with E-state index in [1.807, 2.05) is 12.3 Å². The Morgan fingerprint density at radius 2 is 1.81 bits per heavy atom. The predicted molar refractivity (Wildman–Crippen MR) is 104 cm³/mol. The molecule has 1 aromatic heterocycles. The van der Waals surface area contributed by atoms with Gasteiger partial charge in [0.15, 0.2) is 17.0 Å². The second-order valence-corrected chi connectivity index (χ2v) is 7.49. The Kier molecular flexibility index (Phi) is 6.58. The van der Waals surface area contributed by atoms with Crippen LogP contribution >= 0.6 is 11.8 Å². The van der Waals surface area contributed by atoms with Crippen LogP contribution in [0.5, 0.6) is 0 Å². The Bertz CT molecular complexity index is 777. The quantitative estimate of drug-likeness (QED) is 0.662. The fourth-order valence-corrected chi connectivity index (χ4v) is 3.70. The maximum Gasteiger partial charge on any atom is 0.287 e. The minimum absolute atomic E-state index is 0.0340. The zero-order chi connectivity index (χ0) is 19.2. The minimum Gasteiger partial charge on any atom is -0.445 e. The van der Waals surface area contributed by atoms with Crippen molar-refractivity contribution in [2.24, 2.45) is 0 Å². The first kappa shape index (κ1) is 19.5. The summed E-state index contributed by atoms with van der Waals surface area (Å²) >= 11 is 1.44. The van der Waals surface area contributed by atoms with Crippen LogP contribution in [-0.2, 0) is 4.79 Å². The molecule has 1 aromatic carbocycles. The highest BCUT2D eigenvalue weighted by Gasteiger charge is 2.27. The van der Waals surface area contributed by atoms with Crippen LogP contribution in [0, 0.1) is 0 Å². The zero-order valence-electron chi connectivity index (χ0n) is 15.2. The Balaban J connectivity index is 1.53. The largest absolute Gasteiger partial charge is 0.445 e. The molecule has 1 aliphatic rings. The molecule has 3 unspecified atom stereocenters. The third kappa shape index (κ3) is 5.14. The molecule has 1 aliphatic carbocycles. The molecule has 144 valence electrons. The number of nitrogens with one attached hydrogen (secondary N) is 2. The first-order valence-corrected chi connectivity index (χ1v) is 10.3. The van der Waals surface area contributed by atoms with Crippen LogP contribution in [0.3, 0.4) is 0 Å². The van der Waals surface area contributed by atoms with Gasteiger partial charge in [0.25, 0.3) is 11.8 Å². The van der Waals surface area contributed by atoms with Gasteiger partial charge in [-0.25, -0.2) is 0 Å². The van der Waals surface area contributed by atoms with Gasteiger partial charge >= 0.3 is 0 Å². The van der Waals surface area contributed by atoms with Crippen molar-refractivity contribution in [3.8, 4) is 0 Å². The van der Waals surface area contributed by atoms with E-state index in [1.54, 1.807) is 36.4 Å². The van der Waals surface area contributed by atoms with Crippen LogP contribution in [0.25, 0.3) is 0 Å². The molecule has 6 nitrogen and oxygen atoms in total. The van der Waals surface area contributed by atoms with E-state index in [-0.39, 0.29) is 18.0 Å². The summed E-state index contributed by atoms with van der Waals surface area (Å²) in [6.45, 7) is 0. The smallest absolute Gasteiger partial charge is 0.287 e. The molecule has 3 N–H and O–H groups in total. The molecule has 0 spiro atoms. The van der Waals surface area contributed by atoms with E-state index in [1.165, 1.54) is 11.8 Å². The fraction of sp³-hybridized carbons (Fsp3) is 0.400. The number of hydrogen-bond donors (Lipinski definition) is 3. The van der Waals surface area contributed by atoms with Crippen LogP contribution in [0.4, 0.5) is 0 Å². The van der Waals surface area contributed by atoms with Crippen molar-refractivity contribution in [1.82, 2.24) is 10.6 Å². The molecule has 0 aliphatic heterocycles. The monoisotopic (exact) mass is 388 g/mol. The third-order valence-electron chi connectivity index (χ3n) is 4.73. The van der Waals surface area contributed by atoms with E-state index < -0.39 is 12.0 Å². The maximum absolute atomic E-state index is 12.3. The Morgan fingerprint density at radius 3 is 2.48 bits per heavy atom. The summed E-state index contributed by atoms with van der Waals surface area (Å²) in [7, 11) is 0. The number of aliphatic hydroxyl groups excluding tert-OH is 1. The number of carbonyl (C=O) groups excluding carboxylic acids is 2. The van der Waals surface area contributed by atoms with Crippen molar-refractivity contribution in [3.63, 3.8) is 0 Å². The lowest BCUT2D eigenvalue weighted by atomic mass is 9.90. The van der Waals surface area contributed by atoms with E-state index >= 15 is 0 Å². The molecule has 27 heavy (non-hydrogen) atoms. The SMILES string of the molecule is CSc1ccc(C(=O)NC2CCCC(NC(=O)C(O)c3ccccc3)C2)o1. The lowest BCUT2D eigenvalue weighted by Gasteiger charge is -2.30. The van der Waals surface area contributed by atoms with Gasteiger partial charge in [-0.05, 0) is 49.6 Å². The highest BCUT2D eigenvalue weighted by atomic mass is 32.2. The Morgan fingerprint density at radius 1 is 1.11 bits per heavy atom. The zero-order valence-corrected chi connectivity index (χ0v) is 16.0. The van der Waals surface area contributed by atoms with E-state index in [2.05, 4.69) is 10.6 Å². The minimum atomic E-state index is -1.19. The van der Waals surface area contributed by atoms with Gasteiger partial charge in [-0.2, -0.15) is 0 Å². The van der Waals surface area contributed by atoms with Crippen molar-refractivity contribution < 1.29 is 19.1 Å². The third-order valence-corrected chi connectivity index (χ3v) is 5.35. The number of carbonyl (C=O) groups is 2. The highest BCUT2D eigenvalue weighted by Crippen LogP contribution is 2.22. The van der Waals surface area contributed by atoms with Gasteiger partial charge in [-0.3, -0.25) is 9.59 Å². The first-order chi connectivity index (χ1) is 13.1. The number of thioether (sulfide) groups is 1. The summed E-state index contributed by atoms with van der Waals surface area (Å²) in [6.07, 6.45) is 3.92. The molecule has 1 fully saturated rings. The normalized spacial score (nSPS) is 20.7. The van der Waals surface area contributed by atoms with Crippen molar-refractivity contribution in [1.29, 1.82) is 0 Å². The predicted octanol–water partition coefficient (Wildman–Crippen LogP) is 2.89. The summed E-state index contributed by atoms with van der Waals surface area (Å²) in [5, 5.41) is 16.8. The van der Waals surface area contributed by atoms with Gasteiger partial charge < -0.3 is 20.2 Å². The molecule has 3 rings (SSSR count). The van der Waals surface area contributed by atoms with E-state index in [4.69, 9.17) is 4.42 Å². The van der Waals surface area contributed by atoms with Crippen LogP contribution in [0.2, 0.25) is 0 Å². The van der Waals surface area contributed by atoms with Gasteiger partial charge in [0, 0.05) is 12.1 Å². The van der Waals surface area contributed by atoms with Gasteiger partial charge in [0.2, 0.25) is 0 Å². The molecule has 0 radical (unpaired) electrons. The lowest BCUT2D eigenvalue weighted by molar-refractivity contribution is -0.130. The second-order valence-electron chi connectivity index (χ2n) is 6.68. The lowest BCUT2D eigenvalue weighted by Crippen LogP contribution is -2.46. The molecular formula is C20H24N2O4S. The molecule has 1 heterocycles. The molecule has 3 atom stereocenters. The number of furan rings is 1. The second kappa shape index (κ2) is 9.10. The van der Waals surface area contributed by atoms with Crippen molar-refractivity contribution >= 4 is 23.6 Å². The van der Waals surface area contributed by atoms with Crippen molar-refractivity contribution in [2.75, 3.05) is 6.26 Å². The van der Waals surface area contributed by atoms with Gasteiger partial charge in [-0.1, -0.05) is 42.1 Å².